The molecular formula is C17H15FN2O2S. The van der Waals surface area contributed by atoms with Gasteiger partial charge in [-0.15, -0.1) is 11.8 Å². The van der Waals surface area contributed by atoms with Crippen molar-refractivity contribution < 1.29 is 14.0 Å². The quantitative estimate of drug-likeness (QED) is 0.870. The number of thioether (sulfide) groups is 1. The third kappa shape index (κ3) is 3.37. The van der Waals surface area contributed by atoms with Crippen molar-refractivity contribution in [1.29, 1.82) is 0 Å². The molecular weight excluding hydrogens is 315 g/mol. The van der Waals surface area contributed by atoms with Gasteiger partial charge in [0, 0.05) is 16.9 Å². The number of nitrogens with zero attached hydrogens (tertiary/aromatic N) is 1. The monoisotopic (exact) mass is 330 g/mol. The predicted molar refractivity (Wildman–Crippen MR) is 89.3 cm³/mol. The first-order chi connectivity index (χ1) is 11.2. The zero-order valence-corrected chi connectivity index (χ0v) is 13.3. The molecule has 6 heteroatoms. The smallest absolute Gasteiger partial charge is 0.268 e. The van der Waals surface area contributed by atoms with E-state index < -0.39 is 6.10 Å². The standard InChI is InChI=1S/C17H15FN2O2S/c1-23-16-9-5-4-8-13(16)19-17(21)15-10-14(20-22-15)11-6-2-3-7-12(11)18/h2-9,15H,10H2,1H3,(H,19,21)/t15-/m1/s1. The molecule has 1 N–H and O–H groups in total. The lowest BCUT2D eigenvalue weighted by atomic mass is 10.0. The van der Waals surface area contributed by atoms with Crippen LogP contribution >= 0.6 is 11.8 Å². The van der Waals surface area contributed by atoms with Crippen molar-refractivity contribution in [3.8, 4) is 0 Å². The van der Waals surface area contributed by atoms with Crippen LogP contribution in [0.15, 0.2) is 58.6 Å². The van der Waals surface area contributed by atoms with Gasteiger partial charge in [0.2, 0.25) is 6.10 Å². The van der Waals surface area contributed by atoms with Gasteiger partial charge in [-0.1, -0.05) is 35.5 Å². The molecule has 1 amide bonds. The van der Waals surface area contributed by atoms with Gasteiger partial charge in [-0.2, -0.15) is 0 Å². The number of carbonyl (C=O) groups excluding carboxylic acids is 1. The number of oxime groups is 1. The normalized spacial score (nSPS) is 16.6. The van der Waals surface area contributed by atoms with Crippen molar-refractivity contribution in [2.75, 3.05) is 11.6 Å². The molecule has 0 unspecified atom stereocenters. The fourth-order valence-electron chi connectivity index (χ4n) is 2.33. The minimum atomic E-state index is -0.750. The number of para-hydroxylation sites is 1. The summed E-state index contributed by atoms with van der Waals surface area (Å²) < 4.78 is 13.8. The summed E-state index contributed by atoms with van der Waals surface area (Å²) in [6, 6.07) is 13.8. The van der Waals surface area contributed by atoms with Crippen molar-refractivity contribution in [1.82, 2.24) is 0 Å². The number of amides is 1. The molecule has 0 saturated heterocycles. The number of benzene rings is 2. The van der Waals surface area contributed by atoms with Crippen molar-refractivity contribution >= 4 is 29.1 Å². The molecule has 0 aliphatic carbocycles. The second-order valence-corrected chi connectivity index (χ2v) is 5.85. The summed E-state index contributed by atoms with van der Waals surface area (Å²) >= 11 is 1.55. The van der Waals surface area contributed by atoms with Gasteiger partial charge in [-0.3, -0.25) is 4.79 Å². The maximum Gasteiger partial charge on any atom is 0.268 e. The van der Waals surface area contributed by atoms with Crippen molar-refractivity contribution in [2.45, 2.75) is 17.4 Å². The van der Waals surface area contributed by atoms with Gasteiger partial charge in [0.05, 0.1) is 11.4 Å². The van der Waals surface area contributed by atoms with Crippen LogP contribution in [0.1, 0.15) is 12.0 Å². The van der Waals surface area contributed by atoms with Crippen LogP contribution in [0.4, 0.5) is 10.1 Å². The van der Waals surface area contributed by atoms with Crippen LogP contribution in [-0.2, 0) is 9.63 Å². The molecule has 0 radical (unpaired) electrons. The van der Waals surface area contributed by atoms with Crippen LogP contribution in [0.25, 0.3) is 0 Å². The summed E-state index contributed by atoms with van der Waals surface area (Å²) in [4.78, 5) is 18.5. The highest BCUT2D eigenvalue weighted by Crippen LogP contribution is 2.26. The van der Waals surface area contributed by atoms with E-state index in [2.05, 4.69) is 10.5 Å². The number of halogens is 1. The molecule has 0 fully saturated rings. The van der Waals surface area contributed by atoms with E-state index in [0.29, 0.717) is 11.3 Å². The lowest BCUT2D eigenvalue weighted by Gasteiger charge is -2.12. The Morgan fingerprint density at radius 2 is 2.00 bits per heavy atom. The van der Waals surface area contributed by atoms with Crippen LogP contribution in [0.2, 0.25) is 0 Å². The summed E-state index contributed by atoms with van der Waals surface area (Å²) in [7, 11) is 0. The highest BCUT2D eigenvalue weighted by Gasteiger charge is 2.30. The topological polar surface area (TPSA) is 50.7 Å². The zero-order chi connectivity index (χ0) is 16.2. The molecule has 1 heterocycles. The molecule has 1 atom stereocenters. The van der Waals surface area contributed by atoms with Gasteiger partial charge in [0.15, 0.2) is 0 Å². The zero-order valence-electron chi connectivity index (χ0n) is 12.5. The molecule has 0 saturated carbocycles. The molecule has 4 nitrogen and oxygen atoms in total. The second-order valence-electron chi connectivity index (χ2n) is 5.01. The first-order valence-electron chi connectivity index (χ1n) is 7.10. The Bertz CT molecular complexity index is 764. The van der Waals surface area contributed by atoms with Crippen molar-refractivity contribution in [2.24, 2.45) is 5.16 Å². The number of rotatable bonds is 4. The summed E-state index contributed by atoms with van der Waals surface area (Å²) in [5.74, 6) is -0.662. The molecule has 3 rings (SSSR count). The van der Waals surface area contributed by atoms with E-state index in [1.165, 1.54) is 6.07 Å². The van der Waals surface area contributed by atoms with Crippen LogP contribution in [0.5, 0.6) is 0 Å². The molecule has 1 aliphatic heterocycles. The minimum absolute atomic E-state index is 0.244. The molecule has 0 aromatic heterocycles. The third-order valence-corrected chi connectivity index (χ3v) is 4.31. The maximum atomic E-state index is 13.8. The molecule has 0 spiro atoms. The Hall–Kier alpha value is -2.34. The van der Waals surface area contributed by atoms with E-state index in [0.717, 1.165) is 10.6 Å². The Balaban J connectivity index is 1.68. The summed E-state index contributed by atoms with van der Waals surface area (Å²) in [5, 5.41) is 6.70. The van der Waals surface area contributed by atoms with Crippen LogP contribution in [-0.4, -0.2) is 24.0 Å². The van der Waals surface area contributed by atoms with Gasteiger partial charge < -0.3 is 10.2 Å². The average molecular weight is 330 g/mol. The van der Waals surface area contributed by atoms with E-state index >= 15 is 0 Å². The first-order valence-corrected chi connectivity index (χ1v) is 8.33. The van der Waals surface area contributed by atoms with Gasteiger partial charge in [0.1, 0.15) is 5.82 Å². The van der Waals surface area contributed by atoms with Gasteiger partial charge >= 0.3 is 0 Å². The number of anilines is 1. The van der Waals surface area contributed by atoms with Crippen LogP contribution < -0.4 is 5.32 Å². The number of carbonyl (C=O) groups is 1. The molecule has 2 aromatic carbocycles. The van der Waals surface area contributed by atoms with Gasteiger partial charge in [-0.25, -0.2) is 4.39 Å². The molecule has 1 aliphatic rings. The number of hydrogen-bond acceptors (Lipinski definition) is 4. The van der Waals surface area contributed by atoms with E-state index in [1.807, 2.05) is 30.5 Å². The fraction of sp³-hybridized carbons (Fsp3) is 0.176. The van der Waals surface area contributed by atoms with E-state index in [4.69, 9.17) is 4.84 Å². The molecule has 0 bridgehead atoms. The van der Waals surface area contributed by atoms with Crippen LogP contribution in [0.3, 0.4) is 0 Å². The Morgan fingerprint density at radius 3 is 2.78 bits per heavy atom. The molecule has 23 heavy (non-hydrogen) atoms. The van der Waals surface area contributed by atoms with Crippen molar-refractivity contribution in [3.63, 3.8) is 0 Å². The minimum Gasteiger partial charge on any atom is -0.382 e. The predicted octanol–water partition coefficient (Wildman–Crippen LogP) is 3.68. The number of nitrogens with one attached hydrogen (secondary N) is 1. The second kappa shape index (κ2) is 6.83. The summed E-state index contributed by atoms with van der Waals surface area (Å²) in [5.41, 5.74) is 1.54. The van der Waals surface area contributed by atoms with E-state index in [9.17, 15) is 9.18 Å². The lowest BCUT2D eigenvalue weighted by Crippen LogP contribution is -2.28. The fourth-order valence-corrected chi connectivity index (χ4v) is 2.89. The SMILES string of the molecule is CSc1ccccc1NC(=O)[C@H]1CC(c2ccccc2F)=NO1. The molecule has 2 aromatic rings. The Morgan fingerprint density at radius 1 is 1.26 bits per heavy atom. The Kier molecular flexibility index (Phi) is 4.62. The summed E-state index contributed by atoms with van der Waals surface area (Å²) in [6.07, 6.45) is 1.43. The Labute approximate surface area is 137 Å². The van der Waals surface area contributed by atoms with Gasteiger partial charge in [0.25, 0.3) is 5.91 Å². The lowest BCUT2D eigenvalue weighted by molar-refractivity contribution is -0.125. The van der Waals surface area contributed by atoms with E-state index in [-0.39, 0.29) is 18.1 Å². The van der Waals surface area contributed by atoms with Crippen LogP contribution in [0, 0.1) is 5.82 Å². The molecule has 118 valence electrons. The highest BCUT2D eigenvalue weighted by molar-refractivity contribution is 7.98. The number of hydrogen-bond donors (Lipinski definition) is 1. The highest BCUT2D eigenvalue weighted by atomic mass is 32.2. The largest absolute Gasteiger partial charge is 0.382 e. The first kappa shape index (κ1) is 15.6. The van der Waals surface area contributed by atoms with Gasteiger partial charge in [-0.05, 0) is 24.5 Å². The maximum absolute atomic E-state index is 13.8. The third-order valence-electron chi connectivity index (χ3n) is 3.51. The van der Waals surface area contributed by atoms with E-state index in [1.54, 1.807) is 30.0 Å². The van der Waals surface area contributed by atoms with Crippen molar-refractivity contribution in [3.05, 3.63) is 59.9 Å². The average Bonchev–Trinajstić information content (AvgIpc) is 3.05. The summed E-state index contributed by atoms with van der Waals surface area (Å²) in [6.45, 7) is 0.